The van der Waals surface area contributed by atoms with E-state index >= 15 is 0 Å². The van der Waals surface area contributed by atoms with Crippen molar-refractivity contribution in [1.29, 1.82) is 0 Å². The molecule has 0 atom stereocenters. The van der Waals surface area contributed by atoms with E-state index in [-0.39, 0.29) is 3.42 Å². The summed E-state index contributed by atoms with van der Waals surface area (Å²) in [5, 5.41) is 0. The van der Waals surface area contributed by atoms with Crippen molar-refractivity contribution in [3.63, 3.8) is 0 Å². The highest BCUT2D eigenvalue weighted by molar-refractivity contribution is 14.1. The lowest BCUT2D eigenvalue weighted by atomic mass is 10.0. The standard InChI is InChI=1S/C10H13I/c1-8-5-4-6-9(7-8)10(2,3)11/h4-7H,1-3H3. The molecule has 0 bridgehead atoms. The molecule has 0 amide bonds. The predicted octanol–water partition coefficient (Wildman–Crippen LogP) is 3.67. The fourth-order valence-electron chi connectivity index (χ4n) is 1.01. The van der Waals surface area contributed by atoms with Gasteiger partial charge in [-0.1, -0.05) is 52.4 Å². The fourth-order valence-corrected chi connectivity index (χ4v) is 1.35. The van der Waals surface area contributed by atoms with Gasteiger partial charge in [0, 0.05) is 3.42 Å². The molecule has 0 aliphatic rings. The van der Waals surface area contributed by atoms with Gasteiger partial charge in [0.15, 0.2) is 0 Å². The number of hydrogen-bond donors (Lipinski definition) is 0. The average molecular weight is 260 g/mol. The second kappa shape index (κ2) is 3.13. The molecule has 0 spiro atoms. The Morgan fingerprint density at radius 2 is 1.91 bits per heavy atom. The minimum Gasteiger partial charge on any atom is -0.0743 e. The lowest BCUT2D eigenvalue weighted by Gasteiger charge is -2.16. The van der Waals surface area contributed by atoms with Gasteiger partial charge in [0.2, 0.25) is 0 Å². The highest BCUT2D eigenvalue weighted by atomic mass is 127. The third-order valence-corrected chi connectivity index (χ3v) is 2.33. The van der Waals surface area contributed by atoms with Gasteiger partial charge in [-0.15, -0.1) is 0 Å². The predicted molar refractivity (Wildman–Crippen MR) is 58.2 cm³/mol. The summed E-state index contributed by atoms with van der Waals surface area (Å²) in [7, 11) is 0. The quantitative estimate of drug-likeness (QED) is 0.534. The molecule has 0 saturated heterocycles. The zero-order valence-corrected chi connectivity index (χ0v) is 9.34. The van der Waals surface area contributed by atoms with E-state index in [0.29, 0.717) is 0 Å². The highest BCUT2D eigenvalue weighted by Gasteiger charge is 2.14. The molecule has 0 unspecified atom stereocenters. The van der Waals surface area contributed by atoms with Crippen LogP contribution in [0, 0.1) is 6.92 Å². The molecular weight excluding hydrogens is 247 g/mol. The molecule has 0 aliphatic heterocycles. The molecule has 0 aliphatic carbocycles. The normalized spacial score (nSPS) is 11.6. The van der Waals surface area contributed by atoms with Crippen LogP contribution in [0.15, 0.2) is 24.3 Å². The van der Waals surface area contributed by atoms with E-state index in [1.807, 2.05) is 0 Å². The molecule has 0 aromatic heterocycles. The summed E-state index contributed by atoms with van der Waals surface area (Å²) < 4.78 is 0.254. The van der Waals surface area contributed by atoms with Crippen molar-refractivity contribution in [2.45, 2.75) is 24.2 Å². The molecule has 0 heterocycles. The van der Waals surface area contributed by atoms with E-state index < -0.39 is 0 Å². The highest BCUT2D eigenvalue weighted by Crippen LogP contribution is 2.30. The fraction of sp³-hybridized carbons (Fsp3) is 0.400. The lowest BCUT2D eigenvalue weighted by Crippen LogP contribution is -2.05. The van der Waals surface area contributed by atoms with Gasteiger partial charge in [-0.05, 0) is 26.3 Å². The van der Waals surface area contributed by atoms with Crippen molar-refractivity contribution in [3.05, 3.63) is 35.4 Å². The molecule has 60 valence electrons. The molecule has 0 nitrogen and oxygen atoms in total. The van der Waals surface area contributed by atoms with E-state index in [1.54, 1.807) is 0 Å². The summed E-state index contributed by atoms with van der Waals surface area (Å²) in [5.74, 6) is 0. The number of hydrogen-bond acceptors (Lipinski definition) is 0. The third kappa shape index (κ3) is 2.47. The Bertz CT molecular complexity index is 245. The van der Waals surface area contributed by atoms with Gasteiger partial charge in [0.1, 0.15) is 0 Å². The molecule has 1 aromatic rings. The summed E-state index contributed by atoms with van der Waals surface area (Å²) in [6.07, 6.45) is 0. The largest absolute Gasteiger partial charge is 0.0743 e. The third-order valence-electron chi connectivity index (χ3n) is 1.70. The molecule has 0 saturated carbocycles. The molecule has 1 heteroatoms. The Balaban J connectivity index is 3.06. The van der Waals surface area contributed by atoms with Crippen molar-refractivity contribution >= 4 is 22.6 Å². The van der Waals surface area contributed by atoms with Crippen molar-refractivity contribution in [3.8, 4) is 0 Å². The van der Waals surface area contributed by atoms with Gasteiger partial charge in [0.05, 0.1) is 0 Å². The number of rotatable bonds is 1. The monoisotopic (exact) mass is 260 g/mol. The minimum absolute atomic E-state index is 0.254. The molecular formula is C10H13I. The SMILES string of the molecule is Cc1cccc(C(C)(C)I)c1. The van der Waals surface area contributed by atoms with Gasteiger partial charge in [-0.25, -0.2) is 0 Å². The van der Waals surface area contributed by atoms with E-state index in [9.17, 15) is 0 Å². The van der Waals surface area contributed by atoms with Gasteiger partial charge >= 0.3 is 0 Å². The Morgan fingerprint density at radius 3 is 2.27 bits per heavy atom. The minimum atomic E-state index is 0.254. The number of halogens is 1. The van der Waals surface area contributed by atoms with Crippen LogP contribution >= 0.6 is 22.6 Å². The Hall–Kier alpha value is -0.0500. The lowest BCUT2D eigenvalue weighted by molar-refractivity contribution is 0.825. The van der Waals surface area contributed by atoms with Crippen LogP contribution in [0.4, 0.5) is 0 Å². The number of alkyl halides is 1. The Labute approximate surface area is 82.2 Å². The van der Waals surface area contributed by atoms with E-state index in [1.165, 1.54) is 11.1 Å². The van der Waals surface area contributed by atoms with Crippen LogP contribution in [0.1, 0.15) is 25.0 Å². The summed E-state index contributed by atoms with van der Waals surface area (Å²) in [6, 6.07) is 8.67. The maximum Gasteiger partial charge on any atom is 0.0414 e. The smallest absolute Gasteiger partial charge is 0.0414 e. The number of aryl methyl sites for hydroxylation is 1. The van der Waals surface area contributed by atoms with Crippen molar-refractivity contribution in [2.75, 3.05) is 0 Å². The van der Waals surface area contributed by atoms with Crippen LogP contribution in [-0.4, -0.2) is 0 Å². The first-order valence-corrected chi connectivity index (χ1v) is 4.84. The van der Waals surface area contributed by atoms with E-state index in [0.717, 1.165) is 0 Å². The van der Waals surface area contributed by atoms with E-state index in [2.05, 4.69) is 67.6 Å². The molecule has 0 fully saturated rings. The summed E-state index contributed by atoms with van der Waals surface area (Å²) in [4.78, 5) is 0. The van der Waals surface area contributed by atoms with Crippen LogP contribution in [0.25, 0.3) is 0 Å². The number of benzene rings is 1. The summed E-state index contributed by atoms with van der Waals surface area (Å²) in [5.41, 5.74) is 2.74. The van der Waals surface area contributed by atoms with Crippen LogP contribution in [0.3, 0.4) is 0 Å². The first-order valence-electron chi connectivity index (χ1n) is 3.76. The summed E-state index contributed by atoms with van der Waals surface area (Å²) in [6.45, 7) is 6.58. The van der Waals surface area contributed by atoms with Crippen molar-refractivity contribution in [1.82, 2.24) is 0 Å². The average Bonchev–Trinajstić information content (AvgIpc) is 1.86. The topological polar surface area (TPSA) is 0 Å². The van der Waals surface area contributed by atoms with Crippen LogP contribution in [-0.2, 0) is 3.42 Å². The Morgan fingerprint density at radius 1 is 1.27 bits per heavy atom. The molecule has 1 rings (SSSR count). The maximum atomic E-state index is 2.46. The van der Waals surface area contributed by atoms with Crippen molar-refractivity contribution in [2.24, 2.45) is 0 Å². The van der Waals surface area contributed by atoms with Gasteiger partial charge in [-0.3, -0.25) is 0 Å². The Kier molecular flexibility index (Phi) is 2.58. The molecule has 1 aromatic carbocycles. The van der Waals surface area contributed by atoms with Crippen LogP contribution in [0.5, 0.6) is 0 Å². The zero-order chi connectivity index (χ0) is 8.48. The first-order chi connectivity index (χ1) is 5.00. The second-order valence-electron chi connectivity index (χ2n) is 3.34. The van der Waals surface area contributed by atoms with Crippen LogP contribution in [0.2, 0.25) is 0 Å². The van der Waals surface area contributed by atoms with Gasteiger partial charge in [-0.2, -0.15) is 0 Å². The van der Waals surface area contributed by atoms with E-state index in [4.69, 9.17) is 0 Å². The van der Waals surface area contributed by atoms with Crippen LogP contribution < -0.4 is 0 Å². The second-order valence-corrected chi connectivity index (χ2v) is 6.04. The molecule has 0 N–H and O–H groups in total. The summed E-state index contributed by atoms with van der Waals surface area (Å²) >= 11 is 2.46. The maximum absolute atomic E-state index is 2.46. The first kappa shape index (κ1) is 9.04. The molecule has 11 heavy (non-hydrogen) atoms. The van der Waals surface area contributed by atoms with Gasteiger partial charge < -0.3 is 0 Å². The molecule has 0 radical (unpaired) electrons. The zero-order valence-electron chi connectivity index (χ0n) is 7.19. The van der Waals surface area contributed by atoms with Crippen molar-refractivity contribution < 1.29 is 0 Å². The van der Waals surface area contributed by atoms with Gasteiger partial charge in [0.25, 0.3) is 0 Å².